The van der Waals surface area contributed by atoms with Crippen LogP contribution < -0.4 is 10.6 Å². The van der Waals surface area contributed by atoms with Crippen LogP contribution in [0.15, 0.2) is 63.2 Å². The summed E-state index contributed by atoms with van der Waals surface area (Å²) < 4.78 is 18.9. The number of carbonyl (C=O) groups is 2. The van der Waals surface area contributed by atoms with E-state index in [-0.39, 0.29) is 11.5 Å². The number of hydrogen-bond donors (Lipinski definition) is 2. The van der Waals surface area contributed by atoms with Crippen molar-refractivity contribution in [3.63, 3.8) is 0 Å². The van der Waals surface area contributed by atoms with Gasteiger partial charge in [-0.15, -0.1) is 0 Å². The molecule has 0 fully saturated rings. The minimum absolute atomic E-state index is 0.0174. The first kappa shape index (κ1) is 19.6. The lowest BCUT2D eigenvalue weighted by atomic mass is 10.2. The zero-order valence-electron chi connectivity index (χ0n) is 15.1. The van der Waals surface area contributed by atoms with Crippen LogP contribution >= 0.6 is 11.8 Å². The molecule has 0 bridgehead atoms. The van der Waals surface area contributed by atoms with Crippen LogP contribution in [-0.4, -0.2) is 30.8 Å². The molecule has 2 aromatic carbocycles. The van der Waals surface area contributed by atoms with Gasteiger partial charge in [0.25, 0.3) is 5.91 Å². The average Bonchev–Trinajstić information content (AvgIpc) is 3.22. The summed E-state index contributed by atoms with van der Waals surface area (Å²) in [6.07, 6.45) is 4.01. The molecule has 28 heavy (non-hydrogen) atoms. The van der Waals surface area contributed by atoms with Crippen molar-refractivity contribution in [2.45, 2.75) is 16.2 Å². The third-order valence-electron chi connectivity index (χ3n) is 4.00. The SMILES string of the molecule is CNc1cc(C(=O)NCCc2cnco2)ccc1Sc1cccc(F)c1C=O. The predicted octanol–water partition coefficient (Wildman–Crippen LogP) is 3.79. The summed E-state index contributed by atoms with van der Waals surface area (Å²) in [5.74, 6) is -0.0790. The summed E-state index contributed by atoms with van der Waals surface area (Å²) >= 11 is 1.26. The molecule has 3 rings (SSSR count). The van der Waals surface area contributed by atoms with E-state index in [2.05, 4.69) is 15.6 Å². The van der Waals surface area contributed by atoms with Crippen LogP contribution in [0.1, 0.15) is 26.5 Å². The molecule has 1 aromatic heterocycles. The summed E-state index contributed by atoms with van der Waals surface area (Å²) in [5.41, 5.74) is 1.21. The maximum Gasteiger partial charge on any atom is 0.251 e. The van der Waals surface area contributed by atoms with E-state index in [1.807, 2.05) is 0 Å². The molecule has 3 aromatic rings. The van der Waals surface area contributed by atoms with Gasteiger partial charge in [-0.1, -0.05) is 17.8 Å². The molecule has 0 spiro atoms. The van der Waals surface area contributed by atoms with Gasteiger partial charge in [0.05, 0.1) is 11.8 Å². The number of benzene rings is 2. The lowest BCUT2D eigenvalue weighted by Crippen LogP contribution is -2.25. The van der Waals surface area contributed by atoms with Crippen molar-refractivity contribution in [1.82, 2.24) is 10.3 Å². The standard InChI is InChI=1S/C20H18FN3O3S/c1-22-17-9-13(20(26)24-8-7-14-10-23-12-27-14)5-6-19(17)28-18-4-2-3-16(21)15(18)11-25/h2-6,9-12,22H,7-8H2,1H3,(H,24,26). The average molecular weight is 399 g/mol. The van der Waals surface area contributed by atoms with E-state index in [1.54, 1.807) is 43.6 Å². The maximum absolute atomic E-state index is 13.8. The molecule has 0 saturated carbocycles. The second-order valence-electron chi connectivity index (χ2n) is 5.81. The third kappa shape index (κ3) is 4.58. The highest BCUT2D eigenvalue weighted by Crippen LogP contribution is 2.36. The van der Waals surface area contributed by atoms with Gasteiger partial charge in [-0.05, 0) is 30.3 Å². The van der Waals surface area contributed by atoms with Gasteiger partial charge in [0, 0.05) is 41.1 Å². The summed E-state index contributed by atoms with van der Waals surface area (Å²) in [6, 6.07) is 9.65. The largest absolute Gasteiger partial charge is 0.448 e. The number of rotatable bonds is 8. The van der Waals surface area contributed by atoms with Crippen LogP contribution in [-0.2, 0) is 6.42 Å². The molecule has 0 aliphatic heterocycles. The number of halogens is 1. The second kappa shape index (κ2) is 9.18. The lowest BCUT2D eigenvalue weighted by molar-refractivity contribution is 0.0953. The lowest BCUT2D eigenvalue weighted by Gasteiger charge is -2.12. The van der Waals surface area contributed by atoms with Crippen molar-refractivity contribution in [2.75, 3.05) is 18.9 Å². The fourth-order valence-corrected chi connectivity index (χ4v) is 3.61. The molecular formula is C20H18FN3O3S. The number of carbonyl (C=O) groups excluding carboxylic acids is 2. The third-order valence-corrected chi connectivity index (χ3v) is 5.15. The highest BCUT2D eigenvalue weighted by Gasteiger charge is 2.13. The molecule has 0 saturated heterocycles. The van der Waals surface area contributed by atoms with Crippen molar-refractivity contribution in [2.24, 2.45) is 0 Å². The minimum atomic E-state index is -0.561. The number of amides is 1. The molecule has 2 N–H and O–H groups in total. The Labute approximate surface area is 165 Å². The Morgan fingerprint density at radius 3 is 2.86 bits per heavy atom. The zero-order chi connectivity index (χ0) is 19.9. The van der Waals surface area contributed by atoms with Crippen molar-refractivity contribution >= 4 is 29.6 Å². The van der Waals surface area contributed by atoms with Gasteiger partial charge >= 0.3 is 0 Å². The van der Waals surface area contributed by atoms with E-state index in [9.17, 15) is 14.0 Å². The molecule has 144 valence electrons. The highest BCUT2D eigenvalue weighted by atomic mass is 32.2. The fourth-order valence-electron chi connectivity index (χ4n) is 2.56. The van der Waals surface area contributed by atoms with Gasteiger partial charge in [-0.2, -0.15) is 0 Å². The van der Waals surface area contributed by atoms with E-state index in [1.165, 1.54) is 24.2 Å². The number of nitrogens with one attached hydrogen (secondary N) is 2. The Bertz CT molecular complexity index is 977. The van der Waals surface area contributed by atoms with E-state index >= 15 is 0 Å². The number of aromatic nitrogens is 1. The normalized spacial score (nSPS) is 10.5. The molecule has 0 radical (unpaired) electrons. The number of aldehydes is 1. The summed E-state index contributed by atoms with van der Waals surface area (Å²) in [5, 5.41) is 5.86. The van der Waals surface area contributed by atoms with Crippen molar-refractivity contribution in [3.8, 4) is 0 Å². The number of oxazole rings is 1. The monoisotopic (exact) mass is 399 g/mol. The Balaban J connectivity index is 1.72. The molecule has 8 heteroatoms. The number of anilines is 1. The Hall–Kier alpha value is -3.13. The van der Waals surface area contributed by atoms with Crippen molar-refractivity contribution < 1.29 is 18.4 Å². The van der Waals surface area contributed by atoms with Crippen molar-refractivity contribution in [3.05, 3.63) is 71.7 Å². The van der Waals surface area contributed by atoms with E-state index in [4.69, 9.17) is 4.42 Å². The van der Waals surface area contributed by atoms with Crippen LogP contribution in [0.2, 0.25) is 0 Å². The van der Waals surface area contributed by atoms with Crippen LogP contribution in [0, 0.1) is 5.82 Å². The maximum atomic E-state index is 13.8. The quantitative estimate of drug-likeness (QED) is 0.561. The van der Waals surface area contributed by atoms with E-state index < -0.39 is 5.82 Å². The molecule has 1 amide bonds. The van der Waals surface area contributed by atoms with Crippen LogP contribution in [0.5, 0.6) is 0 Å². The van der Waals surface area contributed by atoms with Gasteiger partial charge in [-0.25, -0.2) is 9.37 Å². The smallest absolute Gasteiger partial charge is 0.251 e. The first-order chi connectivity index (χ1) is 13.6. The second-order valence-corrected chi connectivity index (χ2v) is 6.89. The van der Waals surface area contributed by atoms with Crippen LogP contribution in [0.3, 0.4) is 0 Å². The molecule has 0 atom stereocenters. The molecule has 6 nitrogen and oxygen atoms in total. The van der Waals surface area contributed by atoms with Gasteiger partial charge in [-0.3, -0.25) is 9.59 Å². The van der Waals surface area contributed by atoms with Crippen LogP contribution in [0.25, 0.3) is 0 Å². The Morgan fingerprint density at radius 1 is 1.29 bits per heavy atom. The summed E-state index contributed by atoms with van der Waals surface area (Å²) in [4.78, 5) is 28.7. The first-order valence-corrected chi connectivity index (χ1v) is 9.33. The van der Waals surface area contributed by atoms with Gasteiger partial charge in [0.15, 0.2) is 12.7 Å². The number of nitrogens with zero attached hydrogens (tertiary/aromatic N) is 1. The topological polar surface area (TPSA) is 84.2 Å². The van der Waals surface area contributed by atoms with Crippen molar-refractivity contribution in [1.29, 1.82) is 0 Å². The van der Waals surface area contributed by atoms with Gasteiger partial charge in [0.1, 0.15) is 11.6 Å². The van der Waals surface area contributed by atoms with Gasteiger partial charge in [0.2, 0.25) is 0 Å². The molecule has 1 heterocycles. The zero-order valence-corrected chi connectivity index (χ0v) is 15.9. The van der Waals surface area contributed by atoms with E-state index in [0.717, 1.165) is 4.90 Å². The van der Waals surface area contributed by atoms with Gasteiger partial charge < -0.3 is 15.1 Å². The molecule has 0 unspecified atom stereocenters. The molecular weight excluding hydrogens is 381 g/mol. The first-order valence-electron chi connectivity index (χ1n) is 8.51. The predicted molar refractivity (Wildman–Crippen MR) is 104 cm³/mol. The highest BCUT2D eigenvalue weighted by molar-refractivity contribution is 7.99. The molecule has 0 aliphatic rings. The van der Waals surface area contributed by atoms with E-state index in [0.29, 0.717) is 41.2 Å². The van der Waals surface area contributed by atoms with Crippen LogP contribution in [0.4, 0.5) is 10.1 Å². The minimum Gasteiger partial charge on any atom is -0.448 e. The Morgan fingerprint density at radius 2 is 2.14 bits per heavy atom. The molecule has 0 aliphatic carbocycles. The number of hydrogen-bond acceptors (Lipinski definition) is 6. The fraction of sp³-hybridized carbons (Fsp3) is 0.150. The summed E-state index contributed by atoms with van der Waals surface area (Å²) in [6.45, 7) is 0.422. The summed E-state index contributed by atoms with van der Waals surface area (Å²) in [7, 11) is 1.73. The Kier molecular flexibility index (Phi) is 6.44.